The van der Waals surface area contributed by atoms with E-state index in [1.807, 2.05) is 24.3 Å². The lowest BCUT2D eigenvalue weighted by Crippen LogP contribution is -2.11. The van der Waals surface area contributed by atoms with Gasteiger partial charge in [0.1, 0.15) is 27.9 Å². The minimum absolute atomic E-state index is 0.811. The Hall–Kier alpha value is -9.06. The van der Waals surface area contributed by atoms with Crippen LogP contribution in [0.15, 0.2) is 244 Å². The summed E-state index contributed by atoms with van der Waals surface area (Å²) in [5, 5.41) is 11.0. The minimum atomic E-state index is 0.811. The zero-order chi connectivity index (χ0) is 44.0. The molecule has 0 N–H and O–H groups in total. The fourth-order valence-electron chi connectivity index (χ4n) is 10.4. The number of fused-ring (bicyclic) bond motifs is 14. The standard InChI is InChI=1S/C62H38N2O3/c1-3-16-39(17-4-1)44-20-9-12-26-54(44)64(42-32-35-58-53(37-42)47-23-11-13-28-56(47)65-58)41-30-33-50-52(36-41)45-21-7-8-24-48(45)60-51-34-31-43(38-59(51)67-62(50)60)63(40-18-5-2-6-19-40)55-27-15-25-49-46-22-10-14-29-57(46)66-61(49)55/h1-38H. The van der Waals surface area contributed by atoms with Gasteiger partial charge in [0, 0.05) is 66.4 Å². The van der Waals surface area contributed by atoms with Crippen molar-refractivity contribution in [3.8, 4) is 11.1 Å². The van der Waals surface area contributed by atoms with E-state index < -0.39 is 0 Å². The number of anilines is 6. The molecule has 0 aliphatic rings. The maximum absolute atomic E-state index is 7.12. The first-order valence-corrected chi connectivity index (χ1v) is 22.7. The molecule has 0 saturated heterocycles. The van der Waals surface area contributed by atoms with Gasteiger partial charge in [-0.25, -0.2) is 0 Å². The van der Waals surface area contributed by atoms with Crippen molar-refractivity contribution < 1.29 is 13.3 Å². The number of nitrogens with zero attached hydrogens (tertiary/aromatic N) is 2. The predicted octanol–water partition coefficient (Wildman–Crippen LogP) is 18.3. The van der Waals surface area contributed by atoms with Crippen molar-refractivity contribution in [3.63, 3.8) is 0 Å². The van der Waals surface area contributed by atoms with Crippen LogP contribution in [0.25, 0.3) is 98.5 Å². The molecule has 0 atom stereocenters. The second kappa shape index (κ2) is 14.7. The molecule has 0 aliphatic carbocycles. The highest BCUT2D eigenvalue weighted by atomic mass is 16.3. The van der Waals surface area contributed by atoms with Gasteiger partial charge in [-0.1, -0.05) is 140 Å². The van der Waals surface area contributed by atoms with Gasteiger partial charge in [0.05, 0.1) is 17.1 Å². The summed E-state index contributed by atoms with van der Waals surface area (Å²) in [5.41, 5.74) is 13.5. The van der Waals surface area contributed by atoms with E-state index in [1.54, 1.807) is 0 Å². The number of hydrogen-bond acceptors (Lipinski definition) is 5. The number of para-hydroxylation sites is 5. The summed E-state index contributed by atoms with van der Waals surface area (Å²) in [7, 11) is 0. The Labute approximate surface area is 384 Å². The molecule has 314 valence electrons. The molecule has 0 bridgehead atoms. The Kier molecular flexibility index (Phi) is 8.21. The summed E-state index contributed by atoms with van der Waals surface area (Å²) in [6.45, 7) is 0. The highest BCUT2D eigenvalue weighted by molar-refractivity contribution is 6.30. The molecule has 67 heavy (non-hydrogen) atoms. The molecular weight excluding hydrogens is 821 g/mol. The van der Waals surface area contributed by atoms with E-state index in [2.05, 4.69) is 216 Å². The summed E-state index contributed by atoms with van der Waals surface area (Å²) in [5.74, 6) is 0. The topological polar surface area (TPSA) is 45.9 Å². The van der Waals surface area contributed by atoms with Gasteiger partial charge in [-0.3, -0.25) is 0 Å². The maximum atomic E-state index is 7.12. The number of benzene rings is 11. The van der Waals surface area contributed by atoms with Crippen LogP contribution in [0.3, 0.4) is 0 Å². The van der Waals surface area contributed by atoms with E-state index in [0.717, 1.165) is 133 Å². The van der Waals surface area contributed by atoms with Crippen LogP contribution < -0.4 is 9.80 Å². The number of rotatable bonds is 7. The van der Waals surface area contributed by atoms with Crippen LogP contribution in [0.5, 0.6) is 0 Å². The molecule has 11 aromatic carbocycles. The summed E-state index contributed by atoms with van der Waals surface area (Å²) in [6.07, 6.45) is 0. The van der Waals surface area contributed by atoms with E-state index >= 15 is 0 Å². The van der Waals surface area contributed by atoms with Crippen molar-refractivity contribution in [1.82, 2.24) is 0 Å². The lowest BCUT2D eigenvalue weighted by atomic mass is 9.95. The first-order chi connectivity index (χ1) is 33.2. The van der Waals surface area contributed by atoms with Gasteiger partial charge < -0.3 is 23.1 Å². The Bertz CT molecular complexity index is 4240. The van der Waals surface area contributed by atoms with Crippen LogP contribution in [0.4, 0.5) is 34.1 Å². The normalized spacial score (nSPS) is 11.9. The Morgan fingerprint density at radius 3 is 1.58 bits per heavy atom. The van der Waals surface area contributed by atoms with Gasteiger partial charge in [-0.2, -0.15) is 0 Å². The van der Waals surface area contributed by atoms with Crippen molar-refractivity contribution in [2.24, 2.45) is 0 Å². The Morgan fingerprint density at radius 1 is 0.254 bits per heavy atom. The fraction of sp³-hybridized carbons (Fsp3) is 0. The summed E-state index contributed by atoms with van der Waals surface area (Å²) in [4.78, 5) is 4.65. The van der Waals surface area contributed by atoms with E-state index in [9.17, 15) is 0 Å². The lowest BCUT2D eigenvalue weighted by molar-refractivity contribution is 0.668. The lowest BCUT2D eigenvalue weighted by Gasteiger charge is -2.28. The van der Waals surface area contributed by atoms with Gasteiger partial charge >= 0.3 is 0 Å². The molecule has 3 aromatic heterocycles. The highest BCUT2D eigenvalue weighted by Gasteiger charge is 2.24. The molecule has 3 heterocycles. The quantitative estimate of drug-likeness (QED) is 0.149. The van der Waals surface area contributed by atoms with E-state index in [1.165, 1.54) is 0 Å². The third-order valence-corrected chi connectivity index (χ3v) is 13.4. The number of hydrogen-bond donors (Lipinski definition) is 0. The molecule has 14 aromatic rings. The SMILES string of the molecule is c1ccc(-c2ccccc2N(c2ccc3oc4ccccc4c3c2)c2ccc3c(c2)c2ccccc2c2c4ccc(N(c5ccccc5)c5cccc6c5oc5ccccc56)cc4oc32)cc1. The van der Waals surface area contributed by atoms with Gasteiger partial charge in [-0.05, 0) is 107 Å². The minimum Gasteiger partial charge on any atom is -0.456 e. The molecule has 5 heteroatoms. The Balaban J connectivity index is 0.983. The summed E-state index contributed by atoms with van der Waals surface area (Å²) in [6, 6.07) is 81.3. The van der Waals surface area contributed by atoms with Crippen molar-refractivity contribution >= 4 is 121 Å². The van der Waals surface area contributed by atoms with Gasteiger partial charge in [0.15, 0.2) is 5.58 Å². The van der Waals surface area contributed by atoms with Crippen LogP contribution in [0.1, 0.15) is 0 Å². The second-order valence-corrected chi connectivity index (χ2v) is 17.2. The van der Waals surface area contributed by atoms with Crippen molar-refractivity contribution in [1.29, 1.82) is 0 Å². The molecule has 0 saturated carbocycles. The van der Waals surface area contributed by atoms with E-state index in [0.29, 0.717) is 0 Å². The molecule has 0 spiro atoms. The van der Waals surface area contributed by atoms with Crippen LogP contribution in [0, 0.1) is 0 Å². The third-order valence-electron chi connectivity index (χ3n) is 13.4. The third kappa shape index (κ3) is 5.81. The largest absolute Gasteiger partial charge is 0.456 e. The zero-order valence-corrected chi connectivity index (χ0v) is 36.1. The zero-order valence-electron chi connectivity index (χ0n) is 36.1. The molecule has 0 radical (unpaired) electrons. The molecule has 0 unspecified atom stereocenters. The monoisotopic (exact) mass is 858 g/mol. The smallest absolute Gasteiger partial charge is 0.159 e. The first kappa shape index (κ1) is 37.3. The van der Waals surface area contributed by atoms with Crippen LogP contribution in [-0.4, -0.2) is 0 Å². The molecule has 14 rings (SSSR count). The highest BCUT2D eigenvalue weighted by Crippen LogP contribution is 2.48. The van der Waals surface area contributed by atoms with Gasteiger partial charge in [0.25, 0.3) is 0 Å². The summed E-state index contributed by atoms with van der Waals surface area (Å²) >= 11 is 0. The van der Waals surface area contributed by atoms with Crippen LogP contribution in [0.2, 0.25) is 0 Å². The maximum Gasteiger partial charge on any atom is 0.159 e. The van der Waals surface area contributed by atoms with Crippen molar-refractivity contribution in [2.75, 3.05) is 9.80 Å². The molecule has 5 nitrogen and oxygen atoms in total. The average Bonchev–Trinajstić information content (AvgIpc) is 4.09. The fourth-order valence-corrected chi connectivity index (χ4v) is 10.4. The van der Waals surface area contributed by atoms with Gasteiger partial charge in [0.2, 0.25) is 0 Å². The molecular formula is C62H38N2O3. The first-order valence-electron chi connectivity index (χ1n) is 22.7. The average molecular weight is 859 g/mol. The van der Waals surface area contributed by atoms with Crippen molar-refractivity contribution in [3.05, 3.63) is 231 Å². The summed E-state index contributed by atoms with van der Waals surface area (Å²) < 4.78 is 20.1. The van der Waals surface area contributed by atoms with E-state index in [4.69, 9.17) is 13.3 Å². The molecule has 0 amide bonds. The predicted molar refractivity (Wildman–Crippen MR) is 278 cm³/mol. The molecule has 0 aliphatic heterocycles. The van der Waals surface area contributed by atoms with Crippen molar-refractivity contribution in [2.45, 2.75) is 0 Å². The van der Waals surface area contributed by atoms with E-state index in [-0.39, 0.29) is 0 Å². The van der Waals surface area contributed by atoms with Crippen LogP contribution >= 0.6 is 0 Å². The van der Waals surface area contributed by atoms with Crippen LogP contribution in [-0.2, 0) is 0 Å². The molecule has 0 fully saturated rings. The van der Waals surface area contributed by atoms with Gasteiger partial charge in [-0.15, -0.1) is 0 Å². The Morgan fingerprint density at radius 2 is 0.776 bits per heavy atom. The number of furan rings is 3. The second-order valence-electron chi connectivity index (χ2n) is 17.2.